The van der Waals surface area contributed by atoms with E-state index in [1.807, 2.05) is 11.9 Å². The maximum Gasteiger partial charge on any atom is 0.156 e. The van der Waals surface area contributed by atoms with Crippen LogP contribution < -0.4 is 4.90 Å². The fourth-order valence-electron chi connectivity index (χ4n) is 1.99. The smallest absolute Gasteiger partial charge is 0.156 e. The first-order valence-corrected chi connectivity index (χ1v) is 6.14. The van der Waals surface area contributed by atoms with Crippen LogP contribution in [0.1, 0.15) is 35.9 Å². The van der Waals surface area contributed by atoms with Crippen molar-refractivity contribution in [3.8, 4) is 0 Å². The Labute approximate surface area is 106 Å². The highest BCUT2D eigenvalue weighted by molar-refractivity contribution is 6.32. The third kappa shape index (κ3) is 2.41. The number of aromatic nitrogens is 2. The molecular weight excluding hydrogens is 238 g/mol. The summed E-state index contributed by atoms with van der Waals surface area (Å²) in [7, 11) is 1.95. The number of halogens is 1. The molecule has 1 atom stereocenters. The first-order valence-electron chi connectivity index (χ1n) is 5.76. The van der Waals surface area contributed by atoms with Crippen LogP contribution in [0.25, 0.3) is 0 Å². The van der Waals surface area contributed by atoms with Gasteiger partial charge < -0.3 is 4.90 Å². The molecule has 0 bridgehead atoms. The second-order valence-corrected chi connectivity index (χ2v) is 4.96. The van der Waals surface area contributed by atoms with Crippen LogP contribution in [0, 0.1) is 12.8 Å². The summed E-state index contributed by atoms with van der Waals surface area (Å²) < 4.78 is 0. The van der Waals surface area contributed by atoms with Gasteiger partial charge in [0.15, 0.2) is 6.29 Å². The van der Waals surface area contributed by atoms with Crippen LogP contribution in [0.3, 0.4) is 0 Å². The Morgan fingerprint density at radius 2 is 2.12 bits per heavy atom. The molecule has 17 heavy (non-hydrogen) atoms. The Morgan fingerprint density at radius 1 is 1.47 bits per heavy atom. The lowest BCUT2D eigenvalue weighted by Crippen LogP contribution is -2.32. The number of aldehydes is 1. The van der Waals surface area contributed by atoms with Gasteiger partial charge in [0.25, 0.3) is 0 Å². The van der Waals surface area contributed by atoms with E-state index >= 15 is 0 Å². The van der Waals surface area contributed by atoms with Crippen molar-refractivity contribution >= 4 is 23.7 Å². The van der Waals surface area contributed by atoms with Gasteiger partial charge >= 0.3 is 0 Å². The molecule has 1 saturated carbocycles. The summed E-state index contributed by atoms with van der Waals surface area (Å²) in [4.78, 5) is 21.4. The number of nitrogens with zero attached hydrogens (tertiary/aromatic N) is 3. The molecule has 5 heteroatoms. The van der Waals surface area contributed by atoms with Gasteiger partial charge in [-0.25, -0.2) is 9.97 Å². The lowest BCUT2D eigenvalue weighted by Gasteiger charge is -2.27. The molecule has 2 rings (SSSR count). The van der Waals surface area contributed by atoms with E-state index in [0.29, 0.717) is 29.2 Å². The van der Waals surface area contributed by atoms with E-state index in [9.17, 15) is 4.79 Å². The van der Waals surface area contributed by atoms with E-state index in [1.165, 1.54) is 12.8 Å². The highest BCUT2D eigenvalue weighted by Crippen LogP contribution is 2.36. The standard InChI is InChI=1S/C12H16ClN3O/c1-7(9-4-5-9)16(3)12-10(6-17)11(13)14-8(2)15-12/h6-7,9H,4-5H2,1-3H3. The fraction of sp³-hybridized carbons (Fsp3) is 0.583. The van der Waals surface area contributed by atoms with E-state index in [2.05, 4.69) is 16.9 Å². The summed E-state index contributed by atoms with van der Waals surface area (Å²) >= 11 is 5.97. The van der Waals surface area contributed by atoms with Crippen molar-refractivity contribution < 1.29 is 4.79 Å². The summed E-state index contributed by atoms with van der Waals surface area (Å²) in [5.74, 6) is 1.93. The summed E-state index contributed by atoms with van der Waals surface area (Å²) in [6.45, 7) is 3.93. The van der Waals surface area contributed by atoms with Gasteiger partial charge in [-0.15, -0.1) is 0 Å². The summed E-state index contributed by atoms with van der Waals surface area (Å²) in [5, 5.41) is 0.234. The molecule has 0 N–H and O–H groups in total. The third-order valence-electron chi connectivity index (χ3n) is 3.36. The van der Waals surface area contributed by atoms with E-state index in [4.69, 9.17) is 11.6 Å². The van der Waals surface area contributed by atoms with Gasteiger partial charge in [-0.2, -0.15) is 0 Å². The normalized spacial score (nSPS) is 16.7. The first-order chi connectivity index (χ1) is 8.04. The molecule has 1 aromatic heterocycles. The number of anilines is 1. The molecule has 0 saturated heterocycles. The van der Waals surface area contributed by atoms with Crippen molar-refractivity contribution in [2.24, 2.45) is 5.92 Å². The molecule has 92 valence electrons. The quantitative estimate of drug-likeness (QED) is 0.611. The number of carbonyl (C=O) groups is 1. The van der Waals surface area contributed by atoms with Crippen LogP contribution >= 0.6 is 11.6 Å². The topological polar surface area (TPSA) is 46.1 Å². The van der Waals surface area contributed by atoms with Crippen LogP contribution in [0.4, 0.5) is 5.82 Å². The monoisotopic (exact) mass is 253 g/mol. The molecule has 0 aromatic carbocycles. The van der Waals surface area contributed by atoms with Crippen molar-refractivity contribution in [2.45, 2.75) is 32.7 Å². The zero-order valence-corrected chi connectivity index (χ0v) is 11.0. The minimum atomic E-state index is 0.234. The number of hydrogen-bond donors (Lipinski definition) is 0. The van der Waals surface area contributed by atoms with Crippen molar-refractivity contribution in [2.75, 3.05) is 11.9 Å². The predicted molar refractivity (Wildman–Crippen MR) is 67.8 cm³/mol. The predicted octanol–water partition coefficient (Wildman–Crippen LogP) is 2.49. The van der Waals surface area contributed by atoms with Crippen LogP contribution in [-0.2, 0) is 0 Å². The minimum Gasteiger partial charge on any atom is -0.356 e. The average molecular weight is 254 g/mol. The molecule has 1 heterocycles. The van der Waals surface area contributed by atoms with Gasteiger partial charge in [-0.05, 0) is 32.6 Å². The van der Waals surface area contributed by atoms with Crippen LogP contribution in [0.15, 0.2) is 0 Å². The largest absolute Gasteiger partial charge is 0.356 e. The van der Waals surface area contributed by atoms with Crippen LogP contribution in [0.2, 0.25) is 5.15 Å². The third-order valence-corrected chi connectivity index (χ3v) is 3.65. The molecule has 0 aliphatic heterocycles. The fourth-order valence-corrected chi connectivity index (χ4v) is 2.24. The lowest BCUT2D eigenvalue weighted by molar-refractivity contribution is 0.112. The molecule has 1 fully saturated rings. The lowest BCUT2D eigenvalue weighted by atomic mass is 10.2. The number of aryl methyl sites for hydroxylation is 1. The Morgan fingerprint density at radius 3 is 2.65 bits per heavy atom. The molecule has 0 radical (unpaired) electrons. The van der Waals surface area contributed by atoms with E-state index in [0.717, 1.165) is 6.29 Å². The number of rotatable bonds is 4. The zero-order valence-electron chi connectivity index (χ0n) is 10.3. The van der Waals surface area contributed by atoms with Gasteiger partial charge in [0.2, 0.25) is 0 Å². The molecule has 0 spiro atoms. The van der Waals surface area contributed by atoms with Gasteiger partial charge in [0.1, 0.15) is 16.8 Å². The van der Waals surface area contributed by atoms with E-state index in [1.54, 1.807) is 6.92 Å². The SMILES string of the molecule is Cc1nc(Cl)c(C=O)c(N(C)C(C)C2CC2)n1. The average Bonchev–Trinajstić information content (AvgIpc) is 3.10. The van der Waals surface area contributed by atoms with Gasteiger partial charge in [-0.1, -0.05) is 11.6 Å². The summed E-state index contributed by atoms with van der Waals surface area (Å²) in [6.07, 6.45) is 3.23. The molecule has 4 nitrogen and oxygen atoms in total. The van der Waals surface area contributed by atoms with Crippen molar-refractivity contribution in [3.63, 3.8) is 0 Å². The molecule has 1 aliphatic carbocycles. The summed E-state index contributed by atoms with van der Waals surface area (Å²) in [5.41, 5.74) is 0.382. The zero-order chi connectivity index (χ0) is 12.6. The van der Waals surface area contributed by atoms with Gasteiger partial charge in [0, 0.05) is 13.1 Å². The number of hydrogen-bond acceptors (Lipinski definition) is 4. The maximum absolute atomic E-state index is 11.1. The van der Waals surface area contributed by atoms with E-state index in [-0.39, 0.29) is 5.15 Å². The Bertz CT molecular complexity index is 446. The highest BCUT2D eigenvalue weighted by Gasteiger charge is 2.32. The Kier molecular flexibility index (Phi) is 3.33. The number of carbonyl (C=O) groups excluding carboxylic acids is 1. The molecule has 0 amide bonds. The van der Waals surface area contributed by atoms with Crippen molar-refractivity contribution in [1.82, 2.24) is 9.97 Å². The Hall–Kier alpha value is -1.16. The minimum absolute atomic E-state index is 0.234. The summed E-state index contributed by atoms with van der Waals surface area (Å²) in [6, 6.07) is 0.374. The second kappa shape index (κ2) is 4.61. The van der Waals surface area contributed by atoms with E-state index < -0.39 is 0 Å². The van der Waals surface area contributed by atoms with Crippen LogP contribution in [-0.4, -0.2) is 29.3 Å². The van der Waals surface area contributed by atoms with Crippen molar-refractivity contribution in [3.05, 3.63) is 16.5 Å². The highest BCUT2D eigenvalue weighted by atomic mass is 35.5. The first kappa shape index (κ1) is 12.3. The molecule has 1 aromatic rings. The van der Waals surface area contributed by atoms with Gasteiger partial charge in [-0.3, -0.25) is 4.79 Å². The molecule has 1 unspecified atom stereocenters. The molecular formula is C12H16ClN3O. The molecule has 1 aliphatic rings. The maximum atomic E-state index is 11.1. The Balaban J connectivity index is 2.38. The van der Waals surface area contributed by atoms with Crippen molar-refractivity contribution in [1.29, 1.82) is 0 Å². The van der Waals surface area contributed by atoms with Gasteiger partial charge in [0.05, 0.1) is 5.56 Å². The van der Waals surface area contributed by atoms with Crippen LogP contribution in [0.5, 0.6) is 0 Å². The second-order valence-electron chi connectivity index (χ2n) is 4.61.